The number of nitrogens with one attached hydrogen (secondary N) is 1. The maximum Gasteiger partial charge on any atom is 0.336 e. The van der Waals surface area contributed by atoms with Crippen LogP contribution in [0, 0.1) is 0 Å². The van der Waals surface area contributed by atoms with E-state index in [9.17, 15) is 9.59 Å². The molecule has 6 heteroatoms. The van der Waals surface area contributed by atoms with Crippen molar-refractivity contribution in [2.75, 3.05) is 6.61 Å². The summed E-state index contributed by atoms with van der Waals surface area (Å²) in [5.41, 5.74) is 5.75. The smallest absolute Gasteiger partial charge is 0.336 e. The molecule has 3 aromatic carbocycles. The normalized spacial score (nSPS) is 16.5. The highest BCUT2D eigenvalue weighted by molar-refractivity contribution is 6.30. The second-order valence-electron chi connectivity index (χ2n) is 8.46. The molecule has 0 saturated heterocycles. The van der Waals surface area contributed by atoms with Crippen molar-refractivity contribution in [1.29, 1.82) is 0 Å². The SMILES string of the molecule is CCOC(=O)C1=C(C)NC2=C(C(=O)c3ccccc32)[C@H]1c1ccc(OCc2ccc(Cl)cc2)cc1. The van der Waals surface area contributed by atoms with E-state index in [4.69, 9.17) is 21.1 Å². The van der Waals surface area contributed by atoms with Gasteiger partial charge in [-0.15, -0.1) is 0 Å². The lowest BCUT2D eigenvalue weighted by molar-refractivity contribution is -0.138. The number of allylic oxidation sites excluding steroid dienone is 2. The molecule has 1 atom stereocenters. The zero-order chi connectivity index (χ0) is 24.5. The van der Waals surface area contributed by atoms with Crippen LogP contribution in [0.4, 0.5) is 0 Å². The summed E-state index contributed by atoms with van der Waals surface area (Å²) in [6.07, 6.45) is 0. The highest BCUT2D eigenvalue weighted by atomic mass is 35.5. The van der Waals surface area contributed by atoms with Gasteiger partial charge in [0.1, 0.15) is 12.4 Å². The molecule has 0 fully saturated rings. The molecular formula is C29H24ClNO4. The second-order valence-corrected chi connectivity index (χ2v) is 8.90. The van der Waals surface area contributed by atoms with Crippen molar-refractivity contribution in [3.05, 3.63) is 117 Å². The molecule has 0 saturated carbocycles. The minimum Gasteiger partial charge on any atom is -0.489 e. The standard InChI is InChI=1S/C29H24ClNO4/c1-3-34-29(33)24-17(2)31-27-22-6-4-5-7-23(22)28(32)26(27)25(24)19-10-14-21(15-11-19)35-16-18-8-12-20(30)13-9-18/h4-15,25,31H,3,16H2,1-2H3/t25-/m0/s1. The van der Waals surface area contributed by atoms with Crippen LogP contribution < -0.4 is 10.1 Å². The molecule has 1 N–H and O–H groups in total. The molecule has 5 nitrogen and oxygen atoms in total. The summed E-state index contributed by atoms with van der Waals surface area (Å²) in [5.74, 6) is -0.367. The van der Waals surface area contributed by atoms with E-state index >= 15 is 0 Å². The molecule has 0 bridgehead atoms. The number of benzene rings is 3. The Bertz CT molecular complexity index is 1370. The molecule has 1 heterocycles. The van der Waals surface area contributed by atoms with E-state index in [2.05, 4.69) is 5.32 Å². The van der Waals surface area contributed by atoms with Crippen molar-refractivity contribution < 1.29 is 19.1 Å². The van der Waals surface area contributed by atoms with Crippen LogP contribution in [0.15, 0.2) is 89.6 Å². The number of carbonyl (C=O) groups is 2. The van der Waals surface area contributed by atoms with Gasteiger partial charge < -0.3 is 14.8 Å². The lowest BCUT2D eigenvalue weighted by Gasteiger charge is -2.29. The van der Waals surface area contributed by atoms with Gasteiger partial charge in [-0.2, -0.15) is 0 Å². The first-order chi connectivity index (χ1) is 17.0. The quantitative estimate of drug-likeness (QED) is 0.430. The summed E-state index contributed by atoms with van der Waals surface area (Å²) in [6, 6.07) is 22.5. The van der Waals surface area contributed by atoms with Gasteiger partial charge in [0.2, 0.25) is 0 Å². The van der Waals surface area contributed by atoms with Crippen LogP contribution in [0.5, 0.6) is 5.75 Å². The molecular weight excluding hydrogens is 462 g/mol. The summed E-state index contributed by atoms with van der Waals surface area (Å²) in [5, 5.41) is 3.99. The van der Waals surface area contributed by atoms with Crippen molar-refractivity contribution in [3.8, 4) is 5.75 Å². The number of ketones is 1. The van der Waals surface area contributed by atoms with Crippen molar-refractivity contribution in [3.63, 3.8) is 0 Å². The highest BCUT2D eigenvalue weighted by Crippen LogP contribution is 2.46. The monoisotopic (exact) mass is 485 g/mol. The van der Waals surface area contributed by atoms with E-state index in [0.717, 1.165) is 22.4 Å². The van der Waals surface area contributed by atoms with Gasteiger partial charge in [0.25, 0.3) is 0 Å². The van der Waals surface area contributed by atoms with Gasteiger partial charge >= 0.3 is 5.97 Å². The van der Waals surface area contributed by atoms with E-state index in [1.54, 1.807) is 6.92 Å². The first kappa shape index (κ1) is 22.9. The van der Waals surface area contributed by atoms with Crippen LogP contribution in [0.25, 0.3) is 5.70 Å². The Morgan fingerprint density at radius 3 is 2.34 bits per heavy atom. The zero-order valence-electron chi connectivity index (χ0n) is 19.4. The largest absolute Gasteiger partial charge is 0.489 e. The Morgan fingerprint density at radius 2 is 1.66 bits per heavy atom. The molecule has 1 aliphatic heterocycles. The van der Waals surface area contributed by atoms with E-state index in [1.807, 2.05) is 79.7 Å². The molecule has 0 amide bonds. The molecule has 0 unspecified atom stereocenters. The van der Waals surface area contributed by atoms with Crippen LogP contribution >= 0.6 is 11.6 Å². The van der Waals surface area contributed by atoms with Crippen LogP contribution in [0.2, 0.25) is 5.02 Å². The average Bonchev–Trinajstić information content (AvgIpc) is 3.15. The van der Waals surface area contributed by atoms with Crippen LogP contribution in [0.1, 0.15) is 46.8 Å². The predicted octanol–water partition coefficient (Wildman–Crippen LogP) is 6.05. The minimum absolute atomic E-state index is 0.0783. The van der Waals surface area contributed by atoms with Crippen molar-refractivity contribution in [2.24, 2.45) is 0 Å². The Kier molecular flexibility index (Phi) is 6.18. The molecule has 35 heavy (non-hydrogen) atoms. The number of carbonyl (C=O) groups excluding carboxylic acids is 2. The summed E-state index contributed by atoms with van der Waals surface area (Å²) < 4.78 is 11.3. The Labute approximate surface area is 209 Å². The number of Topliss-reactive ketones (excluding diaryl/α,β-unsaturated/α-hetero) is 1. The maximum absolute atomic E-state index is 13.5. The van der Waals surface area contributed by atoms with Crippen molar-refractivity contribution >= 4 is 29.1 Å². The zero-order valence-corrected chi connectivity index (χ0v) is 20.2. The lowest BCUT2D eigenvalue weighted by atomic mass is 9.80. The fourth-order valence-corrected chi connectivity index (χ4v) is 4.77. The number of rotatable bonds is 6. The van der Waals surface area contributed by atoms with Gasteiger partial charge in [-0.3, -0.25) is 4.79 Å². The molecule has 176 valence electrons. The van der Waals surface area contributed by atoms with Gasteiger partial charge in [0, 0.05) is 33.3 Å². The number of hydrogen-bond acceptors (Lipinski definition) is 5. The van der Waals surface area contributed by atoms with Crippen LogP contribution in [0.3, 0.4) is 0 Å². The Balaban J connectivity index is 1.49. The molecule has 3 aromatic rings. The first-order valence-corrected chi connectivity index (χ1v) is 11.9. The molecule has 1 aliphatic carbocycles. The fraction of sp³-hybridized carbons (Fsp3) is 0.172. The van der Waals surface area contributed by atoms with E-state index in [-0.39, 0.29) is 12.4 Å². The topological polar surface area (TPSA) is 64.6 Å². The summed E-state index contributed by atoms with van der Waals surface area (Å²) in [6.45, 7) is 4.27. The van der Waals surface area contributed by atoms with E-state index in [1.165, 1.54) is 0 Å². The molecule has 5 rings (SSSR count). The van der Waals surface area contributed by atoms with E-state index < -0.39 is 11.9 Å². The van der Waals surface area contributed by atoms with Gasteiger partial charge in [0.05, 0.1) is 17.9 Å². The van der Waals surface area contributed by atoms with Gasteiger partial charge in [-0.05, 0) is 49.2 Å². The molecule has 0 spiro atoms. The summed E-state index contributed by atoms with van der Waals surface area (Å²) in [7, 11) is 0. The van der Waals surface area contributed by atoms with Crippen LogP contribution in [-0.4, -0.2) is 18.4 Å². The van der Waals surface area contributed by atoms with Crippen molar-refractivity contribution in [1.82, 2.24) is 5.32 Å². The number of hydrogen-bond donors (Lipinski definition) is 1. The molecule has 2 aliphatic rings. The number of halogens is 1. The van der Waals surface area contributed by atoms with Gasteiger partial charge in [-0.25, -0.2) is 4.79 Å². The van der Waals surface area contributed by atoms with Crippen LogP contribution in [-0.2, 0) is 16.1 Å². The maximum atomic E-state index is 13.5. The number of fused-ring (bicyclic) bond motifs is 2. The number of dihydropyridines is 1. The second kappa shape index (κ2) is 9.43. The third-order valence-corrected chi connectivity index (χ3v) is 6.53. The molecule has 0 aromatic heterocycles. The highest BCUT2D eigenvalue weighted by Gasteiger charge is 2.42. The van der Waals surface area contributed by atoms with Gasteiger partial charge in [-0.1, -0.05) is 60.1 Å². The summed E-state index contributed by atoms with van der Waals surface area (Å²) >= 11 is 5.95. The van der Waals surface area contributed by atoms with Crippen molar-refractivity contribution in [2.45, 2.75) is 26.4 Å². The molecule has 0 radical (unpaired) electrons. The average molecular weight is 486 g/mol. The Hall–Kier alpha value is -3.83. The first-order valence-electron chi connectivity index (χ1n) is 11.5. The summed E-state index contributed by atoms with van der Waals surface area (Å²) in [4.78, 5) is 26.5. The lowest BCUT2D eigenvalue weighted by Crippen LogP contribution is -2.29. The third kappa shape index (κ3) is 4.24. The minimum atomic E-state index is -0.546. The third-order valence-electron chi connectivity index (χ3n) is 6.28. The number of ether oxygens (including phenoxy) is 2. The fourth-order valence-electron chi connectivity index (χ4n) is 4.65. The van der Waals surface area contributed by atoms with E-state index in [0.29, 0.717) is 39.8 Å². The number of esters is 1. The van der Waals surface area contributed by atoms with Gasteiger partial charge in [0.15, 0.2) is 5.78 Å². The predicted molar refractivity (Wildman–Crippen MR) is 135 cm³/mol. The Morgan fingerprint density at radius 1 is 0.971 bits per heavy atom.